The molecule has 2 aromatic rings. The van der Waals surface area contributed by atoms with E-state index in [2.05, 4.69) is 64.9 Å². The Morgan fingerprint density at radius 1 is 1.23 bits per heavy atom. The molecule has 8 nitrogen and oxygen atoms in total. The summed E-state index contributed by atoms with van der Waals surface area (Å²) in [6.07, 6.45) is 6.11. The average molecular weight is 447 g/mol. The molecule has 1 fully saturated rings. The summed E-state index contributed by atoms with van der Waals surface area (Å²) in [6, 6.07) is 3.06. The number of fused-ring (bicyclic) bond motifs is 1. The van der Waals surface area contributed by atoms with Gasteiger partial charge < -0.3 is 13.6 Å². The van der Waals surface area contributed by atoms with Crippen LogP contribution in [0.3, 0.4) is 0 Å². The highest BCUT2D eigenvalue weighted by Crippen LogP contribution is 2.51. The average Bonchev–Trinajstić information content (AvgIpc) is 3.12. The van der Waals surface area contributed by atoms with Crippen LogP contribution >= 0.6 is 8.53 Å². The molecule has 1 unspecified atom stereocenters. The predicted octanol–water partition coefficient (Wildman–Crippen LogP) is 5.01. The smallest absolute Gasteiger partial charge is 0.259 e. The molecule has 0 aliphatic heterocycles. The van der Waals surface area contributed by atoms with E-state index in [9.17, 15) is 0 Å². The zero-order valence-electron chi connectivity index (χ0n) is 19.5. The zero-order chi connectivity index (χ0) is 22.5. The molecule has 0 spiro atoms. The normalized spacial score (nSPS) is 22.3. The van der Waals surface area contributed by atoms with E-state index >= 15 is 0 Å². The molecule has 9 heteroatoms. The van der Waals surface area contributed by atoms with Crippen molar-refractivity contribution in [2.45, 2.75) is 78.9 Å². The SMILES string of the molecule is CC[C@H]1C[C@@H](n2cnc3c(C)ncnc32)[C@@H]1COP(OCCC#N)N(C(C)C)C(C)C. The minimum atomic E-state index is -1.23. The number of rotatable bonds is 11. The van der Waals surface area contributed by atoms with Crippen molar-refractivity contribution >= 4 is 19.7 Å². The Bertz CT molecular complexity index is 888. The quantitative estimate of drug-likeness (QED) is 0.354. The van der Waals surface area contributed by atoms with Crippen LogP contribution in [-0.2, 0) is 9.05 Å². The van der Waals surface area contributed by atoms with E-state index in [0.29, 0.717) is 49.6 Å². The van der Waals surface area contributed by atoms with Gasteiger partial charge in [0.15, 0.2) is 5.65 Å². The molecule has 1 aliphatic rings. The summed E-state index contributed by atoms with van der Waals surface area (Å²) in [5.74, 6) is 0.983. The maximum absolute atomic E-state index is 8.92. The summed E-state index contributed by atoms with van der Waals surface area (Å²) < 4.78 is 17.0. The van der Waals surface area contributed by atoms with E-state index in [1.807, 2.05) is 13.3 Å². The third kappa shape index (κ3) is 5.23. The Kier molecular flexibility index (Phi) is 8.35. The Morgan fingerprint density at radius 3 is 2.61 bits per heavy atom. The summed E-state index contributed by atoms with van der Waals surface area (Å²) in [4.78, 5) is 13.3. The van der Waals surface area contributed by atoms with Crippen molar-refractivity contribution in [3.05, 3.63) is 18.3 Å². The number of nitrogens with zero attached hydrogens (tertiary/aromatic N) is 6. The fourth-order valence-corrected chi connectivity index (χ4v) is 6.13. The van der Waals surface area contributed by atoms with Gasteiger partial charge in [-0.3, -0.25) is 0 Å². The van der Waals surface area contributed by atoms with Gasteiger partial charge in [0, 0.05) is 24.0 Å². The summed E-state index contributed by atoms with van der Waals surface area (Å²) in [5.41, 5.74) is 2.67. The van der Waals surface area contributed by atoms with Crippen LogP contribution in [-0.4, -0.2) is 49.5 Å². The lowest BCUT2D eigenvalue weighted by Crippen LogP contribution is -2.41. The summed E-state index contributed by atoms with van der Waals surface area (Å²) in [7, 11) is -1.23. The molecule has 4 atom stereocenters. The van der Waals surface area contributed by atoms with Crippen LogP contribution < -0.4 is 0 Å². The van der Waals surface area contributed by atoms with Crippen molar-refractivity contribution in [1.29, 1.82) is 5.26 Å². The van der Waals surface area contributed by atoms with Gasteiger partial charge in [-0.25, -0.2) is 19.6 Å². The van der Waals surface area contributed by atoms with Crippen LogP contribution in [0.2, 0.25) is 0 Å². The first-order valence-corrected chi connectivity index (χ1v) is 12.4. The van der Waals surface area contributed by atoms with Crippen molar-refractivity contribution in [2.75, 3.05) is 13.2 Å². The summed E-state index contributed by atoms with van der Waals surface area (Å²) in [5, 5.41) is 8.92. The molecule has 2 heterocycles. The molecule has 0 bridgehead atoms. The maximum atomic E-state index is 8.92. The summed E-state index contributed by atoms with van der Waals surface area (Å²) >= 11 is 0. The van der Waals surface area contributed by atoms with E-state index in [-0.39, 0.29) is 0 Å². The van der Waals surface area contributed by atoms with Crippen molar-refractivity contribution in [3.63, 3.8) is 0 Å². The fraction of sp³-hybridized carbons (Fsp3) is 0.727. The molecule has 0 radical (unpaired) electrons. The molecule has 0 saturated heterocycles. The van der Waals surface area contributed by atoms with Gasteiger partial charge >= 0.3 is 0 Å². The number of imidazole rings is 1. The van der Waals surface area contributed by atoms with E-state index in [4.69, 9.17) is 14.3 Å². The third-order valence-electron chi connectivity index (χ3n) is 6.11. The van der Waals surface area contributed by atoms with Crippen LogP contribution in [0.15, 0.2) is 12.7 Å². The number of hydrogen-bond acceptors (Lipinski definition) is 7. The van der Waals surface area contributed by atoms with Crippen LogP contribution in [0.4, 0.5) is 0 Å². The monoisotopic (exact) mass is 446 g/mol. The maximum Gasteiger partial charge on any atom is 0.259 e. The Morgan fingerprint density at radius 2 is 1.97 bits per heavy atom. The molecule has 2 aromatic heterocycles. The van der Waals surface area contributed by atoms with Gasteiger partial charge in [0.2, 0.25) is 0 Å². The second-order valence-corrected chi connectivity index (χ2v) is 10.2. The lowest BCUT2D eigenvalue weighted by molar-refractivity contribution is 0.0272. The number of hydrogen-bond donors (Lipinski definition) is 0. The standard InChI is InChI=1S/C22H35N6O2P/c1-7-18-11-20(27-14-26-21-17(6)24-13-25-22(21)27)19(18)12-30-31(29-10-8-9-23)28(15(2)3)16(4)5/h13-16,18-20H,7-8,10-12H2,1-6H3/t18-,19+,20+,31?/m0/s1. The second-order valence-electron chi connectivity index (χ2n) is 8.76. The molecular formula is C22H35N6O2P. The van der Waals surface area contributed by atoms with Crippen LogP contribution in [0.5, 0.6) is 0 Å². The van der Waals surface area contributed by atoms with Crippen molar-refractivity contribution < 1.29 is 9.05 Å². The van der Waals surface area contributed by atoms with Crippen molar-refractivity contribution in [1.82, 2.24) is 24.2 Å². The van der Waals surface area contributed by atoms with Crippen molar-refractivity contribution in [2.24, 2.45) is 11.8 Å². The summed E-state index contributed by atoms with van der Waals surface area (Å²) in [6.45, 7) is 13.9. The minimum absolute atomic E-state index is 0.296. The number of aryl methyl sites for hydroxylation is 1. The molecular weight excluding hydrogens is 411 g/mol. The van der Waals surface area contributed by atoms with Gasteiger partial charge in [0.05, 0.1) is 37.7 Å². The van der Waals surface area contributed by atoms with Crippen LogP contribution in [0.1, 0.15) is 65.6 Å². The first-order valence-electron chi connectivity index (χ1n) is 11.2. The van der Waals surface area contributed by atoms with Gasteiger partial charge in [0.25, 0.3) is 8.53 Å². The molecule has 1 saturated carbocycles. The first-order chi connectivity index (χ1) is 14.9. The fourth-order valence-electron chi connectivity index (χ4n) is 4.49. The van der Waals surface area contributed by atoms with E-state index in [1.54, 1.807) is 6.33 Å². The third-order valence-corrected chi connectivity index (χ3v) is 8.18. The highest BCUT2D eigenvalue weighted by molar-refractivity contribution is 7.44. The van der Waals surface area contributed by atoms with E-state index in [0.717, 1.165) is 29.7 Å². The first kappa shape index (κ1) is 24.0. The van der Waals surface area contributed by atoms with Crippen LogP contribution in [0.25, 0.3) is 11.2 Å². The Balaban J connectivity index is 1.76. The molecule has 3 rings (SSSR count). The second kappa shape index (κ2) is 10.8. The Labute approximate surface area is 186 Å². The molecule has 170 valence electrons. The van der Waals surface area contributed by atoms with E-state index < -0.39 is 8.53 Å². The number of nitriles is 1. The lowest BCUT2D eigenvalue weighted by Gasteiger charge is -2.46. The van der Waals surface area contributed by atoms with Gasteiger partial charge in [-0.1, -0.05) is 13.3 Å². The minimum Gasteiger partial charge on any atom is -0.322 e. The van der Waals surface area contributed by atoms with Gasteiger partial charge in [0.1, 0.15) is 11.8 Å². The number of aromatic nitrogens is 4. The molecule has 0 N–H and O–H groups in total. The lowest BCUT2D eigenvalue weighted by atomic mass is 9.68. The van der Waals surface area contributed by atoms with Gasteiger partial charge in [-0.2, -0.15) is 5.26 Å². The zero-order valence-corrected chi connectivity index (χ0v) is 20.4. The molecule has 0 aromatic carbocycles. The molecule has 1 aliphatic carbocycles. The largest absolute Gasteiger partial charge is 0.322 e. The van der Waals surface area contributed by atoms with Gasteiger partial charge in [-0.15, -0.1) is 0 Å². The van der Waals surface area contributed by atoms with E-state index in [1.165, 1.54) is 0 Å². The van der Waals surface area contributed by atoms with Crippen LogP contribution in [0, 0.1) is 30.1 Å². The van der Waals surface area contributed by atoms with Gasteiger partial charge in [-0.05, 0) is 47.0 Å². The predicted molar refractivity (Wildman–Crippen MR) is 122 cm³/mol. The molecule has 31 heavy (non-hydrogen) atoms. The highest BCUT2D eigenvalue weighted by atomic mass is 31.2. The Hall–Kier alpha value is -1.65. The molecule has 0 amide bonds. The highest BCUT2D eigenvalue weighted by Gasteiger charge is 2.43. The topological polar surface area (TPSA) is 89.1 Å². The van der Waals surface area contributed by atoms with Crippen molar-refractivity contribution in [3.8, 4) is 6.07 Å².